The number of aryl methyl sites for hydroxylation is 1. The molecular formula is C21H19ClO2. The van der Waals surface area contributed by atoms with Crippen LogP contribution < -0.4 is 9.47 Å². The Bertz CT molecular complexity index is 797. The Kier molecular flexibility index (Phi) is 5.39. The molecule has 0 bridgehead atoms. The summed E-state index contributed by atoms with van der Waals surface area (Å²) in [6, 6.07) is 23.4. The second-order valence-electron chi connectivity index (χ2n) is 5.43. The molecule has 24 heavy (non-hydrogen) atoms. The van der Waals surface area contributed by atoms with E-state index in [1.54, 1.807) is 0 Å². The lowest BCUT2D eigenvalue weighted by molar-refractivity contribution is 0.291. The SMILES string of the molecule is CCc1ccccc1Oc1ccccc1OCc1ccc(Cl)cc1. The van der Waals surface area contributed by atoms with Crippen molar-refractivity contribution in [1.82, 2.24) is 0 Å². The van der Waals surface area contributed by atoms with Gasteiger partial charge in [-0.3, -0.25) is 0 Å². The van der Waals surface area contributed by atoms with Crippen LogP contribution in [0.3, 0.4) is 0 Å². The summed E-state index contributed by atoms with van der Waals surface area (Å²) >= 11 is 5.91. The molecule has 2 nitrogen and oxygen atoms in total. The number of para-hydroxylation sites is 3. The first-order valence-corrected chi connectivity index (χ1v) is 8.36. The Hall–Kier alpha value is -2.45. The summed E-state index contributed by atoms with van der Waals surface area (Å²) in [5.74, 6) is 2.30. The van der Waals surface area contributed by atoms with Gasteiger partial charge in [0.2, 0.25) is 0 Å². The summed E-state index contributed by atoms with van der Waals surface area (Å²) < 4.78 is 12.0. The highest BCUT2D eigenvalue weighted by Crippen LogP contribution is 2.33. The van der Waals surface area contributed by atoms with Gasteiger partial charge < -0.3 is 9.47 Å². The first-order valence-electron chi connectivity index (χ1n) is 7.98. The number of hydrogen-bond acceptors (Lipinski definition) is 2. The predicted octanol–water partition coefficient (Wildman–Crippen LogP) is 6.27. The minimum atomic E-state index is 0.465. The van der Waals surface area contributed by atoms with Gasteiger partial charge in [0.15, 0.2) is 11.5 Å². The lowest BCUT2D eigenvalue weighted by Crippen LogP contribution is -1.98. The van der Waals surface area contributed by atoms with E-state index in [9.17, 15) is 0 Å². The number of ether oxygens (including phenoxy) is 2. The number of hydrogen-bond donors (Lipinski definition) is 0. The van der Waals surface area contributed by atoms with E-state index < -0.39 is 0 Å². The second kappa shape index (κ2) is 7.89. The van der Waals surface area contributed by atoms with E-state index in [0.717, 1.165) is 28.5 Å². The third-order valence-electron chi connectivity index (χ3n) is 3.73. The van der Waals surface area contributed by atoms with Crippen molar-refractivity contribution < 1.29 is 9.47 Å². The molecule has 0 heterocycles. The zero-order valence-electron chi connectivity index (χ0n) is 13.5. The molecule has 3 aromatic rings. The lowest BCUT2D eigenvalue weighted by Gasteiger charge is -2.14. The lowest BCUT2D eigenvalue weighted by atomic mass is 10.1. The van der Waals surface area contributed by atoms with E-state index in [1.807, 2.05) is 66.7 Å². The van der Waals surface area contributed by atoms with Crippen LogP contribution in [0.25, 0.3) is 0 Å². The van der Waals surface area contributed by atoms with E-state index in [2.05, 4.69) is 13.0 Å². The Morgan fingerprint density at radius 2 is 1.38 bits per heavy atom. The van der Waals surface area contributed by atoms with Crippen molar-refractivity contribution in [3.05, 3.63) is 88.9 Å². The molecule has 3 aromatic carbocycles. The molecule has 0 spiro atoms. The van der Waals surface area contributed by atoms with Gasteiger partial charge in [0, 0.05) is 5.02 Å². The Labute approximate surface area is 147 Å². The smallest absolute Gasteiger partial charge is 0.169 e. The molecule has 0 N–H and O–H groups in total. The minimum absolute atomic E-state index is 0.465. The first kappa shape index (κ1) is 16.4. The Morgan fingerprint density at radius 3 is 2.08 bits per heavy atom. The monoisotopic (exact) mass is 338 g/mol. The molecule has 3 rings (SSSR count). The maximum atomic E-state index is 6.09. The van der Waals surface area contributed by atoms with Gasteiger partial charge in [-0.15, -0.1) is 0 Å². The van der Waals surface area contributed by atoms with Gasteiger partial charge in [-0.1, -0.05) is 61.0 Å². The molecule has 0 atom stereocenters. The van der Waals surface area contributed by atoms with Crippen molar-refractivity contribution in [2.45, 2.75) is 20.0 Å². The van der Waals surface area contributed by atoms with Crippen LogP contribution >= 0.6 is 11.6 Å². The third kappa shape index (κ3) is 4.09. The standard InChI is InChI=1S/C21H19ClO2/c1-2-17-7-3-4-8-19(17)24-21-10-6-5-9-20(21)23-15-16-11-13-18(22)14-12-16/h3-14H,2,15H2,1H3. The molecule has 0 saturated carbocycles. The van der Waals surface area contributed by atoms with Crippen molar-refractivity contribution in [2.75, 3.05) is 0 Å². The molecule has 0 fully saturated rings. The highest BCUT2D eigenvalue weighted by atomic mass is 35.5. The molecular weight excluding hydrogens is 320 g/mol. The zero-order chi connectivity index (χ0) is 16.8. The van der Waals surface area contributed by atoms with E-state index in [1.165, 1.54) is 5.56 Å². The number of rotatable bonds is 6. The van der Waals surface area contributed by atoms with Gasteiger partial charge >= 0.3 is 0 Å². The molecule has 0 unspecified atom stereocenters. The van der Waals surface area contributed by atoms with Crippen molar-refractivity contribution in [3.8, 4) is 17.2 Å². The highest BCUT2D eigenvalue weighted by molar-refractivity contribution is 6.30. The average molecular weight is 339 g/mol. The van der Waals surface area contributed by atoms with Crippen molar-refractivity contribution >= 4 is 11.6 Å². The molecule has 0 saturated heterocycles. The Balaban J connectivity index is 1.76. The van der Waals surface area contributed by atoms with Gasteiger partial charge in [0.05, 0.1) is 0 Å². The van der Waals surface area contributed by atoms with Crippen molar-refractivity contribution in [3.63, 3.8) is 0 Å². The van der Waals surface area contributed by atoms with E-state index in [-0.39, 0.29) is 0 Å². The first-order chi connectivity index (χ1) is 11.8. The van der Waals surface area contributed by atoms with Crippen molar-refractivity contribution in [2.24, 2.45) is 0 Å². The zero-order valence-corrected chi connectivity index (χ0v) is 14.3. The van der Waals surface area contributed by atoms with Crippen LogP contribution in [0.15, 0.2) is 72.8 Å². The summed E-state index contributed by atoms with van der Waals surface area (Å²) in [4.78, 5) is 0. The van der Waals surface area contributed by atoms with E-state index in [4.69, 9.17) is 21.1 Å². The maximum Gasteiger partial charge on any atom is 0.169 e. The Morgan fingerprint density at radius 1 is 0.750 bits per heavy atom. The summed E-state index contributed by atoms with van der Waals surface area (Å²) in [6.45, 7) is 2.58. The van der Waals surface area contributed by atoms with E-state index >= 15 is 0 Å². The minimum Gasteiger partial charge on any atom is -0.485 e. The van der Waals surface area contributed by atoms with Gasteiger partial charge in [-0.25, -0.2) is 0 Å². The summed E-state index contributed by atoms with van der Waals surface area (Å²) in [7, 11) is 0. The van der Waals surface area contributed by atoms with Crippen molar-refractivity contribution in [1.29, 1.82) is 0 Å². The molecule has 0 amide bonds. The summed E-state index contributed by atoms with van der Waals surface area (Å²) in [5.41, 5.74) is 2.23. The summed E-state index contributed by atoms with van der Waals surface area (Å²) in [5, 5.41) is 0.721. The maximum absolute atomic E-state index is 6.09. The van der Waals surface area contributed by atoms with Crippen LogP contribution in [0.1, 0.15) is 18.1 Å². The molecule has 0 aliphatic heterocycles. The molecule has 0 aromatic heterocycles. The molecule has 122 valence electrons. The number of halogens is 1. The molecule has 0 aliphatic carbocycles. The van der Waals surface area contributed by atoms with Crippen LogP contribution in [0.4, 0.5) is 0 Å². The highest BCUT2D eigenvalue weighted by Gasteiger charge is 2.08. The average Bonchev–Trinajstić information content (AvgIpc) is 2.63. The molecule has 0 radical (unpaired) electrons. The van der Waals surface area contributed by atoms with Crippen LogP contribution in [0.5, 0.6) is 17.2 Å². The van der Waals surface area contributed by atoms with E-state index in [0.29, 0.717) is 12.4 Å². The molecule has 3 heteroatoms. The van der Waals surface area contributed by atoms with Gasteiger partial charge in [-0.05, 0) is 47.9 Å². The summed E-state index contributed by atoms with van der Waals surface area (Å²) in [6.07, 6.45) is 0.921. The normalized spacial score (nSPS) is 10.4. The largest absolute Gasteiger partial charge is 0.485 e. The predicted molar refractivity (Wildman–Crippen MR) is 98.1 cm³/mol. The van der Waals surface area contributed by atoms with Gasteiger partial charge in [0.25, 0.3) is 0 Å². The fourth-order valence-electron chi connectivity index (χ4n) is 2.41. The molecule has 0 aliphatic rings. The fraction of sp³-hybridized carbons (Fsp3) is 0.143. The van der Waals surface area contributed by atoms with Crippen LogP contribution in [0.2, 0.25) is 5.02 Å². The number of benzene rings is 3. The van der Waals surface area contributed by atoms with Crippen LogP contribution in [-0.2, 0) is 13.0 Å². The van der Waals surface area contributed by atoms with Gasteiger partial charge in [0.1, 0.15) is 12.4 Å². The van der Waals surface area contributed by atoms with Crippen LogP contribution in [0, 0.1) is 0 Å². The van der Waals surface area contributed by atoms with Gasteiger partial charge in [-0.2, -0.15) is 0 Å². The quantitative estimate of drug-likeness (QED) is 0.527. The second-order valence-corrected chi connectivity index (χ2v) is 5.86. The fourth-order valence-corrected chi connectivity index (χ4v) is 2.54. The van der Waals surface area contributed by atoms with Crippen LogP contribution in [-0.4, -0.2) is 0 Å². The topological polar surface area (TPSA) is 18.5 Å². The third-order valence-corrected chi connectivity index (χ3v) is 3.98.